The number of aliphatic imine (C=N–C) groups is 1. The topological polar surface area (TPSA) is 51.5 Å². The van der Waals surface area contributed by atoms with Crippen molar-refractivity contribution >= 4 is 17.9 Å². The molecule has 0 amide bonds. The Bertz CT molecular complexity index is 548. The van der Waals surface area contributed by atoms with E-state index in [1.54, 1.807) is 30.7 Å². The Morgan fingerprint density at radius 2 is 2.06 bits per heavy atom. The number of aromatic nitrogens is 1. The van der Waals surface area contributed by atoms with Gasteiger partial charge in [-0.15, -0.1) is 0 Å². The summed E-state index contributed by atoms with van der Waals surface area (Å²) in [5.41, 5.74) is 2.22. The second-order valence-corrected chi connectivity index (χ2v) is 3.58. The first kappa shape index (κ1) is 12.0. The Morgan fingerprint density at radius 3 is 2.67 bits per heavy atom. The number of hydrogen-bond donors (Lipinski definition) is 0. The number of pyridine rings is 1. The Labute approximate surface area is 105 Å². The molecule has 4 nitrogen and oxygen atoms in total. The van der Waals surface area contributed by atoms with Crippen molar-refractivity contribution in [2.45, 2.75) is 0 Å². The monoisotopic (exact) mass is 240 g/mol. The number of benzene rings is 1. The maximum atomic E-state index is 11.2. The molecule has 1 heterocycles. The average Bonchev–Trinajstić information content (AvgIpc) is 2.46. The first-order valence-corrected chi connectivity index (χ1v) is 5.42. The first-order chi connectivity index (χ1) is 8.79. The highest BCUT2D eigenvalue weighted by molar-refractivity contribution is 5.90. The molecule has 0 unspecified atom stereocenters. The highest BCUT2D eigenvalue weighted by atomic mass is 16.5. The van der Waals surface area contributed by atoms with E-state index < -0.39 is 0 Å². The van der Waals surface area contributed by atoms with Crippen molar-refractivity contribution < 1.29 is 9.53 Å². The molecule has 1 aromatic heterocycles. The van der Waals surface area contributed by atoms with Crippen LogP contribution >= 0.6 is 0 Å². The van der Waals surface area contributed by atoms with Crippen LogP contribution in [0.25, 0.3) is 0 Å². The van der Waals surface area contributed by atoms with Crippen LogP contribution in [0.3, 0.4) is 0 Å². The molecule has 0 radical (unpaired) electrons. The largest absolute Gasteiger partial charge is 0.465 e. The van der Waals surface area contributed by atoms with Crippen molar-refractivity contribution in [3.8, 4) is 0 Å². The summed E-state index contributed by atoms with van der Waals surface area (Å²) in [7, 11) is 1.36. The zero-order valence-electron chi connectivity index (χ0n) is 9.91. The molecule has 0 bridgehead atoms. The summed E-state index contributed by atoms with van der Waals surface area (Å²) >= 11 is 0. The van der Waals surface area contributed by atoms with Crippen LogP contribution in [0.4, 0.5) is 5.69 Å². The molecular weight excluding hydrogens is 228 g/mol. The standard InChI is InChI=1S/C14H12N2O2/c1-18-14(17)12-6-4-11(5-7-12)9-16-13-3-2-8-15-10-13/h2-10H,1H3. The lowest BCUT2D eigenvalue weighted by Gasteiger charge is -1.99. The molecule has 0 atom stereocenters. The maximum Gasteiger partial charge on any atom is 0.337 e. The minimum absolute atomic E-state index is 0.342. The van der Waals surface area contributed by atoms with Crippen LogP contribution in [0.1, 0.15) is 15.9 Å². The van der Waals surface area contributed by atoms with Crippen LogP contribution in [0.2, 0.25) is 0 Å². The number of nitrogens with zero attached hydrogens (tertiary/aromatic N) is 2. The summed E-state index contributed by atoms with van der Waals surface area (Å²) in [6, 6.07) is 10.7. The normalized spacial score (nSPS) is 10.5. The van der Waals surface area contributed by atoms with Crippen molar-refractivity contribution in [2.24, 2.45) is 4.99 Å². The number of esters is 1. The summed E-state index contributed by atoms with van der Waals surface area (Å²) in [6.45, 7) is 0. The van der Waals surface area contributed by atoms with Gasteiger partial charge < -0.3 is 4.74 Å². The number of methoxy groups -OCH3 is 1. The quantitative estimate of drug-likeness (QED) is 0.612. The molecule has 0 spiro atoms. The number of carbonyl (C=O) groups is 1. The van der Waals surface area contributed by atoms with Gasteiger partial charge in [0.2, 0.25) is 0 Å². The lowest BCUT2D eigenvalue weighted by Crippen LogP contribution is -2.00. The second-order valence-electron chi connectivity index (χ2n) is 3.58. The van der Waals surface area contributed by atoms with Crippen molar-refractivity contribution in [3.63, 3.8) is 0 Å². The number of ether oxygens (including phenoxy) is 1. The zero-order chi connectivity index (χ0) is 12.8. The van der Waals surface area contributed by atoms with E-state index in [-0.39, 0.29) is 5.97 Å². The van der Waals surface area contributed by atoms with Crippen LogP contribution in [0, 0.1) is 0 Å². The van der Waals surface area contributed by atoms with Gasteiger partial charge in [0.1, 0.15) is 0 Å². The van der Waals surface area contributed by atoms with Crippen molar-refractivity contribution in [2.75, 3.05) is 7.11 Å². The first-order valence-electron chi connectivity index (χ1n) is 5.42. The molecule has 90 valence electrons. The van der Waals surface area contributed by atoms with E-state index >= 15 is 0 Å². The summed E-state index contributed by atoms with van der Waals surface area (Å²) in [5, 5.41) is 0. The van der Waals surface area contributed by atoms with Crippen LogP contribution in [-0.4, -0.2) is 24.3 Å². The predicted molar refractivity (Wildman–Crippen MR) is 69.3 cm³/mol. The van der Waals surface area contributed by atoms with Gasteiger partial charge in [-0.25, -0.2) is 4.79 Å². The van der Waals surface area contributed by atoms with Crippen LogP contribution in [0.5, 0.6) is 0 Å². The summed E-state index contributed by atoms with van der Waals surface area (Å²) in [6.07, 6.45) is 5.10. The third kappa shape index (κ3) is 3.01. The van der Waals surface area contributed by atoms with E-state index in [0.717, 1.165) is 11.3 Å². The molecule has 18 heavy (non-hydrogen) atoms. The molecule has 4 heteroatoms. The highest BCUT2D eigenvalue weighted by Gasteiger charge is 2.03. The minimum atomic E-state index is -0.342. The van der Waals surface area contributed by atoms with Crippen LogP contribution < -0.4 is 0 Å². The molecule has 1 aromatic carbocycles. The molecule has 0 fully saturated rings. The molecule has 0 aliphatic rings. The molecule has 0 N–H and O–H groups in total. The Balaban J connectivity index is 2.11. The van der Waals surface area contributed by atoms with E-state index in [4.69, 9.17) is 0 Å². The van der Waals surface area contributed by atoms with Crippen molar-refractivity contribution in [1.29, 1.82) is 0 Å². The van der Waals surface area contributed by atoms with Gasteiger partial charge in [-0.1, -0.05) is 12.1 Å². The van der Waals surface area contributed by atoms with Crippen LogP contribution in [-0.2, 0) is 4.74 Å². The molecule has 0 saturated heterocycles. The van der Waals surface area contributed by atoms with E-state index in [1.165, 1.54) is 7.11 Å². The Morgan fingerprint density at radius 1 is 1.28 bits per heavy atom. The van der Waals surface area contributed by atoms with Crippen molar-refractivity contribution in [1.82, 2.24) is 4.98 Å². The van der Waals surface area contributed by atoms with Gasteiger partial charge in [0.25, 0.3) is 0 Å². The number of rotatable bonds is 3. The van der Waals surface area contributed by atoms with Gasteiger partial charge in [-0.3, -0.25) is 9.98 Å². The number of carbonyl (C=O) groups excluding carboxylic acids is 1. The van der Waals surface area contributed by atoms with Gasteiger partial charge in [0.05, 0.1) is 24.6 Å². The van der Waals surface area contributed by atoms with Crippen molar-refractivity contribution in [3.05, 3.63) is 59.9 Å². The van der Waals surface area contributed by atoms with E-state index in [9.17, 15) is 4.79 Å². The molecule has 2 aromatic rings. The third-order valence-electron chi connectivity index (χ3n) is 2.34. The average molecular weight is 240 g/mol. The van der Waals surface area contributed by atoms with Gasteiger partial charge in [-0.05, 0) is 29.8 Å². The smallest absolute Gasteiger partial charge is 0.337 e. The molecular formula is C14H12N2O2. The fourth-order valence-corrected chi connectivity index (χ4v) is 1.40. The molecule has 0 saturated carbocycles. The summed E-state index contributed by atoms with van der Waals surface area (Å²) < 4.78 is 4.62. The van der Waals surface area contributed by atoms with E-state index in [0.29, 0.717) is 5.56 Å². The minimum Gasteiger partial charge on any atom is -0.465 e. The Hall–Kier alpha value is -2.49. The van der Waals surface area contributed by atoms with Gasteiger partial charge >= 0.3 is 5.97 Å². The number of hydrogen-bond acceptors (Lipinski definition) is 4. The second kappa shape index (κ2) is 5.72. The van der Waals surface area contributed by atoms with Gasteiger partial charge in [0.15, 0.2) is 0 Å². The molecule has 0 aliphatic heterocycles. The predicted octanol–water partition coefficient (Wildman–Crippen LogP) is 2.62. The fourth-order valence-electron chi connectivity index (χ4n) is 1.40. The molecule has 0 aliphatic carbocycles. The van der Waals surface area contributed by atoms with Gasteiger partial charge in [-0.2, -0.15) is 0 Å². The maximum absolute atomic E-state index is 11.2. The SMILES string of the molecule is COC(=O)c1ccc(C=Nc2cccnc2)cc1. The molecule has 2 rings (SSSR count). The summed E-state index contributed by atoms with van der Waals surface area (Å²) in [5.74, 6) is -0.342. The van der Waals surface area contributed by atoms with E-state index in [1.807, 2.05) is 24.3 Å². The van der Waals surface area contributed by atoms with Gasteiger partial charge in [0, 0.05) is 12.4 Å². The van der Waals surface area contributed by atoms with Crippen LogP contribution in [0.15, 0.2) is 53.8 Å². The lowest BCUT2D eigenvalue weighted by atomic mass is 10.1. The Kier molecular flexibility index (Phi) is 3.81. The zero-order valence-corrected chi connectivity index (χ0v) is 9.91. The highest BCUT2D eigenvalue weighted by Crippen LogP contribution is 2.09. The fraction of sp³-hybridized carbons (Fsp3) is 0.0714. The third-order valence-corrected chi connectivity index (χ3v) is 2.34. The summed E-state index contributed by atoms with van der Waals surface area (Å²) in [4.78, 5) is 19.5. The van der Waals surface area contributed by atoms with E-state index in [2.05, 4.69) is 14.7 Å². The lowest BCUT2D eigenvalue weighted by molar-refractivity contribution is 0.0601.